The Morgan fingerprint density at radius 1 is 0.260 bits per heavy atom. The van der Waals surface area contributed by atoms with E-state index in [4.69, 9.17) is 8.83 Å². The summed E-state index contributed by atoms with van der Waals surface area (Å²) in [7, 11) is 0. The minimum Gasteiger partial charge on any atom is -0.455 e. The summed E-state index contributed by atoms with van der Waals surface area (Å²) < 4.78 is 13.1. The molecule has 0 aliphatic rings. The van der Waals surface area contributed by atoms with Crippen LogP contribution in [0, 0.1) is 0 Å². The van der Waals surface area contributed by atoms with Crippen LogP contribution in [0.3, 0.4) is 0 Å². The van der Waals surface area contributed by atoms with E-state index in [0.717, 1.165) is 71.3 Å². The molecule has 234 valence electrons. The summed E-state index contributed by atoms with van der Waals surface area (Å²) >= 11 is 0. The van der Waals surface area contributed by atoms with Gasteiger partial charge >= 0.3 is 0 Å². The van der Waals surface area contributed by atoms with E-state index in [0.29, 0.717) is 0 Å². The summed E-state index contributed by atoms with van der Waals surface area (Å²) in [5, 5.41) is 8.97. The van der Waals surface area contributed by atoms with Crippen molar-refractivity contribution in [3.05, 3.63) is 182 Å². The number of para-hydroxylation sites is 1. The summed E-state index contributed by atoms with van der Waals surface area (Å²) in [6, 6.07) is 64.4. The highest BCUT2D eigenvalue weighted by Crippen LogP contribution is 2.45. The number of benzene rings is 7. The highest BCUT2D eigenvalue weighted by Gasteiger charge is 2.21. The van der Waals surface area contributed by atoms with Crippen LogP contribution in [-0.4, -0.2) is 0 Å². The van der Waals surface area contributed by atoms with E-state index in [1.807, 2.05) is 12.1 Å². The van der Waals surface area contributed by atoms with Crippen molar-refractivity contribution < 1.29 is 8.83 Å². The van der Waals surface area contributed by atoms with Crippen molar-refractivity contribution in [3.63, 3.8) is 0 Å². The zero-order valence-electron chi connectivity index (χ0n) is 27.1. The van der Waals surface area contributed by atoms with Gasteiger partial charge in [0.2, 0.25) is 0 Å². The molecule has 0 saturated carbocycles. The van der Waals surface area contributed by atoms with Gasteiger partial charge in [-0.05, 0) is 67.7 Å². The van der Waals surface area contributed by atoms with Gasteiger partial charge in [0.25, 0.3) is 0 Å². The molecule has 10 aromatic rings. The summed E-state index contributed by atoms with van der Waals surface area (Å²) in [6.07, 6.45) is 0. The molecular weight excluding hydrogens is 609 g/mol. The molecule has 0 aliphatic heterocycles. The molecule has 0 spiro atoms. The van der Waals surface area contributed by atoms with Crippen molar-refractivity contribution in [2.75, 3.05) is 0 Å². The molecule has 0 unspecified atom stereocenters. The van der Waals surface area contributed by atoms with Crippen molar-refractivity contribution in [2.24, 2.45) is 0 Å². The van der Waals surface area contributed by atoms with E-state index >= 15 is 0 Å². The van der Waals surface area contributed by atoms with Crippen molar-refractivity contribution in [3.8, 4) is 33.4 Å². The third-order valence-electron chi connectivity index (χ3n) is 9.93. The third kappa shape index (κ3) is 4.50. The fourth-order valence-electron chi connectivity index (χ4n) is 7.61. The molecule has 10 rings (SSSR count). The second-order valence-corrected chi connectivity index (χ2v) is 12.8. The van der Waals surface area contributed by atoms with Crippen LogP contribution in [0.4, 0.5) is 0 Å². The Morgan fingerprint density at radius 2 is 0.740 bits per heavy atom. The van der Waals surface area contributed by atoms with Gasteiger partial charge in [-0.2, -0.15) is 0 Å². The van der Waals surface area contributed by atoms with Gasteiger partial charge in [0.05, 0.1) is 5.39 Å². The van der Waals surface area contributed by atoms with Crippen LogP contribution in [0.15, 0.2) is 191 Å². The molecule has 2 aromatic heterocycles. The van der Waals surface area contributed by atoms with Crippen molar-refractivity contribution in [2.45, 2.75) is 0 Å². The number of furan rings is 2. The molecule has 0 radical (unpaired) electrons. The van der Waals surface area contributed by atoms with Crippen molar-refractivity contribution in [1.29, 1.82) is 0 Å². The first kappa shape index (κ1) is 28.4. The standard InChI is InChI=1S/C48H30O2/c1-2-7-17-36(38-19-9-8-18-37(38)35(16-6-1)32-14-4-3-5-15-32)33-26-24-31(25-27-33)34-28-29-44-42(30-34)45-39-20-10-11-21-40(39)47-46(48(45)50-44)41-22-12-13-23-43(41)49-47/h1-30H. The van der Waals surface area contributed by atoms with E-state index in [2.05, 4.69) is 170 Å². The summed E-state index contributed by atoms with van der Waals surface area (Å²) in [4.78, 5) is 0. The summed E-state index contributed by atoms with van der Waals surface area (Å²) in [5.74, 6) is 0. The molecular formula is C48H30O2. The van der Waals surface area contributed by atoms with Crippen molar-refractivity contribution in [1.82, 2.24) is 0 Å². The zero-order chi connectivity index (χ0) is 33.0. The lowest BCUT2D eigenvalue weighted by Crippen LogP contribution is -1.84. The Labute approximate surface area is 288 Å². The van der Waals surface area contributed by atoms with Gasteiger partial charge in [0, 0.05) is 21.5 Å². The van der Waals surface area contributed by atoms with Crippen molar-refractivity contribution >= 4 is 65.4 Å². The number of fused-ring (bicyclic) bond motifs is 11. The molecule has 0 saturated heterocycles. The second kappa shape index (κ2) is 11.5. The number of hydrogen-bond donors (Lipinski definition) is 0. The first-order valence-corrected chi connectivity index (χ1v) is 17.0. The number of rotatable bonds is 3. The van der Waals surface area contributed by atoms with Gasteiger partial charge in [-0.1, -0.05) is 164 Å². The minimum absolute atomic E-state index is 0.869. The normalized spacial score (nSPS) is 11.6. The quantitative estimate of drug-likeness (QED) is 0.192. The van der Waals surface area contributed by atoms with E-state index in [1.54, 1.807) is 0 Å². The molecule has 8 aromatic carbocycles. The maximum atomic E-state index is 6.66. The molecule has 0 bridgehead atoms. The lowest BCUT2D eigenvalue weighted by Gasteiger charge is -2.10. The van der Waals surface area contributed by atoms with Gasteiger partial charge in [0.15, 0.2) is 0 Å². The predicted molar refractivity (Wildman–Crippen MR) is 210 cm³/mol. The molecule has 2 nitrogen and oxygen atoms in total. The molecule has 0 atom stereocenters. The molecule has 0 amide bonds. The van der Waals surface area contributed by atoms with Gasteiger partial charge in [-0.25, -0.2) is 0 Å². The van der Waals surface area contributed by atoms with Gasteiger partial charge < -0.3 is 8.83 Å². The Kier molecular flexibility index (Phi) is 6.53. The number of hydrogen-bond acceptors (Lipinski definition) is 2. The maximum Gasteiger partial charge on any atom is 0.147 e. The highest BCUT2D eigenvalue weighted by atomic mass is 16.3. The smallest absolute Gasteiger partial charge is 0.147 e. The largest absolute Gasteiger partial charge is 0.455 e. The monoisotopic (exact) mass is 638 g/mol. The average molecular weight is 639 g/mol. The first-order valence-electron chi connectivity index (χ1n) is 17.0. The van der Waals surface area contributed by atoms with Crippen LogP contribution >= 0.6 is 0 Å². The third-order valence-corrected chi connectivity index (χ3v) is 9.93. The van der Waals surface area contributed by atoms with Crippen LogP contribution < -0.4 is 0 Å². The zero-order valence-corrected chi connectivity index (χ0v) is 27.1. The minimum atomic E-state index is 0.869. The second-order valence-electron chi connectivity index (χ2n) is 12.8. The molecule has 0 fully saturated rings. The summed E-state index contributed by atoms with van der Waals surface area (Å²) in [5.41, 5.74) is 10.5. The predicted octanol–water partition coefficient (Wildman–Crippen LogP) is 13.9. The molecule has 0 aliphatic carbocycles. The molecule has 2 heteroatoms. The highest BCUT2D eigenvalue weighted by molar-refractivity contribution is 6.33. The van der Waals surface area contributed by atoms with E-state index in [9.17, 15) is 0 Å². The van der Waals surface area contributed by atoms with Crippen LogP contribution in [0.5, 0.6) is 0 Å². The Hall–Kier alpha value is -6.64. The first-order chi connectivity index (χ1) is 24.8. The average Bonchev–Trinajstić information content (AvgIpc) is 3.76. The van der Waals surface area contributed by atoms with Crippen LogP contribution in [-0.2, 0) is 0 Å². The Bertz CT molecular complexity index is 2960. The Balaban J connectivity index is 1.15. The van der Waals surface area contributed by atoms with E-state index in [-0.39, 0.29) is 0 Å². The molecule has 2 heterocycles. The van der Waals surface area contributed by atoms with Gasteiger partial charge in [-0.3, -0.25) is 0 Å². The lowest BCUT2D eigenvalue weighted by atomic mass is 9.94. The van der Waals surface area contributed by atoms with Crippen LogP contribution in [0.25, 0.3) is 98.8 Å². The fourth-order valence-corrected chi connectivity index (χ4v) is 7.61. The van der Waals surface area contributed by atoms with Crippen LogP contribution in [0.2, 0.25) is 0 Å². The van der Waals surface area contributed by atoms with E-state index in [1.165, 1.54) is 27.5 Å². The van der Waals surface area contributed by atoms with E-state index < -0.39 is 0 Å². The fraction of sp³-hybridized carbons (Fsp3) is 0. The maximum absolute atomic E-state index is 6.66. The van der Waals surface area contributed by atoms with Crippen LogP contribution in [0.1, 0.15) is 0 Å². The lowest BCUT2D eigenvalue weighted by molar-refractivity contribution is 0.665. The molecule has 50 heavy (non-hydrogen) atoms. The van der Waals surface area contributed by atoms with Gasteiger partial charge in [0.1, 0.15) is 22.3 Å². The summed E-state index contributed by atoms with van der Waals surface area (Å²) in [6.45, 7) is 0. The SMILES string of the molecule is c1ccc(-c2ccccccc(-c3ccc(-c4ccc5oc6c(c5c4)c4ccccc4c4oc5ccccc5c46)cc3)c3ccccc23)cc1. The molecule has 0 N–H and O–H groups in total. The van der Waals surface area contributed by atoms with Gasteiger partial charge in [-0.15, -0.1) is 0 Å². The topological polar surface area (TPSA) is 26.3 Å². The Morgan fingerprint density at radius 3 is 1.46 bits per heavy atom.